The molecule has 0 bridgehead atoms. The second-order valence-electron chi connectivity index (χ2n) is 2.53. The molecule has 0 aliphatic carbocycles. The van der Waals surface area contributed by atoms with Crippen LogP contribution in [0.4, 0.5) is 0 Å². The van der Waals surface area contributed by atoms with Crippen molar-refractivity contribution in [3.63, 3.8) is 0 Å². The minimum atomic E-state index is -0.552. The summed E-state index contributed by atoms with van der Waals surface area (Å²) < 4.78 is 1.15. The van der Waals surface area contributed by atoms with Crippen LogP contribution in [0.2, 0.25) is 0 Å². The topological polar surface area (TPSA) is 80.6 Å². The van der Waals surface area contributed by atoms with Gasteiger partial charge in [0.25, 0.3) is 5.56 Å². The molecule has 1 N–H and O–H groups in total. The summed E-state index contributed by atoms with van der Waals surface area (Å²) in [5.74, 6) is 0.230. The van der Waals surface area contributed by atoms with Gasteiger partial charge in [0.05, 0.1) is 0 Å². The lowest BCUT2D eigenvalue weighted by molar-refractivity contribution is 0.831. The normalized spacial score (nSPS) is 10.0. The molecule has 0 saturated carbocycles. The van der Waals surface area contributed by atoms with Crippen molar-refractivity contribution in [2.45, 2.75) is 0 Å². The van der Waals surface area contributed by atoms with Crippen LogP contribution in [0.3, 0.4) is 0 Å². The molecular weight excluding hydrogens is 184 g/mol. The molecule has 0 aliphatic rings. The van der Waals surface area contributed by atoms with E-state index in [1.54, 1.807) is 6.07 Å². The van der Waals surface area contributed by atoms with E-state index in [0.717, 1.165) is 4.57 Å². The van der Waals surface area contributed by atoms with Gasteiger partial charge in [0.2, 0.25) is 5.95 Å². The van der Waals surface area contributed by atoms with Gasteiger partial charge in [-0.2, -0.15) is 0 Å². The zero-order chi connectivity index (χ0) is 9.97. The van der Waals surface area contributed by atoms with E-state index in [2.05, 4.69) is 15.0 Å². The summed E-state index contributed by atoms with van der Waals surface area (Å²) in [6.07, 6.45) is 4.36. The van der Waals surface area contributed by atoms with Crippen LogP contribution in [0.5, 0.6) is 0 Å². The number of hydrogen-bond acceptors (Lipinski definition) is 4. The standard InChI is InChI=1S/C8H6N4O2/c13-6-2-5-12(8(14)11-6)7-9-3-1-4-10-7/h1-5H,(H,11,13,14). The van der Waals surface area contributed by atoms with E-state index < -0.39 is 11.2 Å². The third-order valence-corrected chi connectivity index (χ3v) is 1.59. The Morgan fingerprint density at radius 3 is 2.57 bits per heavy atom. The summed E-state index contributed by atoms with van der Waals surface area (Å²) in [5, 5.41) is 0. The summed E-state index contributed by atoms with van der Waals surface area (Å²) in [5.41, 5.74) is -0.995. The quantitative estimate of drug-likeness (QED) is 0.645. The zero-order valence-electron chi connectivity index (χ0n) is 7.04. The Hall–Kier alpha value is -2.24. The summed E-state index contributed by atoms with van der Waals surface area (Å²) in [6.45, 7) is 0. The smallest absolute Gasteiger partial charge is 0.274 e. The monoisotopic (exact) mass is 190 g/mol. The Morgan fingerprint density at radius 1 is 1.21 bits per heavy atom. The molecule has 0 unspecified atom stereocenters. The van der Waals surface area contributed by atoms with Crippen molar-refractivity contribution in [1.29, 1.82) is 0 Å². The van der Waals surface area contributed by atoms with E-state index >= 15 is 0 Å². The first kappa shape index (κ1) is 8.36. The Kier molecular flexibility index (Phi) is 1.94. The molecule has 0 aliphatic heterocycles. The van der Waals surface area contributed by atoms with Crippen LogP contribution in [0.1, 0.15) is 0 Å². The predicted octanol–water partition coefficient (Wildman–Crippen LogP) is -0.684. The van der Waals surface area contributed by atoms with Crippen molar-refractivity contribution in [3.05, 3.63) is 51.6 Å². The highest BCUT2D eigenvalue weighted by Crippen LogP contribution is 1.90. The van der Waals surface area contributed by atoms with Crippen molar-refractivity contribution < 1.29 is 0 Å². The molecule has 2 aromatic rings. The summed E-state index contributed by atoms with van der Waals surface area (Å²) in [7, 11) is 0. The second-order valence-corrected chi connectivity index (χ2v) is 2.53. The molecule has 2 aromatic heterocycles. The first-order chi connectivity index (χ1) is 6.77. The van der Waals surface area contributed by atoms with Crippen LogP contribution in [0.15, 0.2) is 40.3 Å². The second kappa shape index (κ2) is 3.25. The number of rotatable bonds is 1. The highest BCUT2D eigenvalue weighted by Gasteiger charge is 2.00. The largest absolute Gasteiger partial charge is 0.335 e. The van der Waals surface area contributed by atoms with Crippen molar-refractivity contribution in [2.24, 2.45) is 0 Å². The Bertz CT molecular complexity index is 543. The van der Waals surface area contributed by atoms with Crippen molar-refractivity contribution in [2.75, 3.05) is 0 Å². The molecule has 14 heavy (non-hydrogen) atoms. The maximum atomic E-state index is 11.3. The van der Waals surface area contributed by atoms with Gasteiger partial charge < -0.3 is 0 Å². The van der Waals surface area contributed by atoms with Crippen LogP contribution in [0.25, 0.3) is 5.95 Å². The Balaban J connectivity index is 2.64. The average Bonchev–Trinajstić information content (AvgIpc) is 2.19. The molecule has 0 fully saturated rings. The number of aromatic amines is 1. The van der Waals surface area contributed by atoms with E-state index in [0.29, 0.717) is 0 Å². The summed E-state index contributed by atoms with van der Waals surface area (Å²) in [4.78, 5) is 31.9. The third-order valence-electron chi connectivity index (χ3n) is 1.59. The third kappa shape index (κ3) is 1.45. The van der Waals surface area contributed by atoms with Gasteiger partial charge in [-0.05, 0) is 6.07 Å². The minimum absolute atomic E-state index is 0.230. The van der Waals surface area contributed by atoms with E-state index in [4.69, 9.17) is 0 Å². The van der Waals surface area contributed by atoms with Gasteiger partial charge >= 0.3 is 5.69 Å². The van der Waals surface area contributed by atoms with Gasteiger partial charge in [0.1, 0.15) is 0 Å². The van der Waals surface area contributed by atoms with Crippen LogP contribution in [0, 0.1) is 0 Å². The lowest BCUT2D eigenvalue weighted by atomic mass is 10.6. The van der Waals surface area contributed by atoms with E-state index in [-0.39, 0.29) is 5.95 Å². The van der Waals surface area contributed by atoms with Gasteiger partial charge in [0, 0.05) is 24.7 Å². The molecule has 6 heteroatoms. The maximum Gasteiger partial charge on any atom is 0.335 e. The number of nitrogens with one attached hydrogen (secondary N) is 1. The summed E-state index contributed by atoms with van der Waals surface area (Å²) in [6, 6.07) is 2.87. The molecule has 0 amide bonds. The number of nitrogens with zero attached hydrogens (tertiary/aromatic N) is 3. The highest BCUT2D eigenvalue weighted by molar-refractivity contribution is 5.09. The van der Waals surface area contributed by atoms with Crippen molar-refractivity contribution in [3.8, 4) is 5.95 Å². The molecule has 0 radical (unpaired) electrons. The molecule has 0 aromatic carbocycles. The average molecular weight is 190 g/mol. The van der Waals surface area contributed by atoms with Gasteiger partial charge in [-0.25, -0.2) is 19.3 Å². The Morgan fingerprint density at radius 2 is 1.93 bits per heavy atom. The SMILES string of the molecule is O=c1ccn(-c2ncccn2)c(=O)[nH]1. The first-order valence-corrected chi connectivity index (χ1v) is 3.87. The van der Waals surface area contributed by atoms with Crippen LogP contribution in [-0.2, 0) is 0 Å². The van der Waals surface area contributed by atoms with E-state index in [1.807, 2.05) is 0 Å². The van der Waals surface area contributed by atoms with Crippen LogP contribution in [-0.4, -0.2) is 19.5 Å². The molecule has 6 nitrogen and oxygen atoms in total. The van der Waals surface area contributed by atoms with Gasteiger partial charge in [0.15, 0.2) is 0 Å². The fourth-order valence-electron chi connectivity index (χ4n) is 0.990. The lowest BCUT2D eigenvalue weighted by Crippen LogP contribution is -2.28. The minimum Gasteiger partial charge on any atom is -0.274 e. The molecule has 0 spiro atoms. The van der Waals surface area contributed by atoms with Crippen LogP contribution < -0.4 is 11.2 Å². The molecule has 70 valence electrons. The molecule has 2 heterocycles. The van der Waals surface area contributed by atoms with Crippen LogP contribution >= 0.6 is 0 Å². The van der Waals surface area contributed by atoms with Crippen molar-refractivity contribution in [1.82, 2.24) is 19.5 Å². The maximum absolute atomic E-state index is 11.3. The highest BCUT2D eigenvalue weighted by atomic mass is 16.2. The molecule has 2 rings (SSSR count). The Labute approximate surface area is 77.9 Å². The van der Waals surface area contributed by atoms with Gasteiger partial charge in [-0.3, -0.25) is 9.78 Å². The van der Waals surface area contributed by atoms with Crippen molar-refractivity contribution >= 4 is 0 Å². The number of hydrogen-bond donors (Lipinski definition) is 1. The molecule has 0 saturated heterocycles. The number of H-pyrrole nitrogens is 1. The van der Waals surface area contributed by atoms with Gasteiger partial charge in [-0.1, -0.05) is 0 Å². The molecular formula is C8H6N4O2. The molecule has 0 atom stereocenters. The van der Waals surface area contributed by atoms with Gasteiger partial charge in [-0.15, -0.1) is 0 Å². The first-order valence-electron chi connectivity index (χ1n) is 3.87. The van der Waals surface area contributed by atoms with E-state index in [9.17, 15) is 9.59 Å². The van der Waals surface area contributed by atoms with E-state index in [1.165, 1.54) is 24.7 Å². The fraction of sp³-hybridized carbons (Fsp3) is 0. The predicted molar refractivity (Wildman–Crippen MR) is 48.2 cm³/mol. The fourth-order valence-corrected chi connectivity index (χ4v) is 0.990. The summed E-state index contributed by atoms with van der Waals surface area (Å²) >= 11 is 0. The lowest BCUT2D eigenvalue weighted by Gasteiger charge is -1.99. The zero-order valence-corrected chi connectivity index (χ0v) is 7.04. The number of aromatic nitrogens is 4.